The van der Waals surface area contributed by atoms with Crippen molar-refractivity contribution in [3.05, 3.63) is 54.0 Å². The van der Waals surface area contributed by atoms with Gasteiger partial charge in [-0.3, -0.25) is 9.59 Å². The third-order valence-corrected chi connectivity index (χ3v) is 3.74. The number of aromatic nitrogens is 1. The molecule has 0 aliphatic carbocycles. The molecule has 2 N–H and O–H groups in total. The summed E-state index contributed by atoms with van der Waals surface area (Å²) < 4.78 is 23.7. The zero-order chi connectivity index (χ0) is 18.0. The van der Waals surface area contributed by atoms with Crippen LogP contribution in [0.1, 0.15) is 10.4 Å². The lowest BCUT2D eigenvalue weighted by Crippen LogP contribution is -2.22. The number of hydrogen-bond acceptors (Lipinski definition) is 4. The number of fused-ring (bicyclic) bond motifs is 1. The van der Waals surface area contributed by atoms with Crippen molar-refractivity contribution in [2.75, 3.05) is 19.5 Å². The monoisotopic (exact) mass is 342 g/mol. The molecular formula is C18H15FN2O4. The van der Waals surface area contributed by atoms with Gasteiger partial charge in [0, 0.05) is 28.9 Å². The van der Waals surface area contributed by atoms with E-state index in [1.54, 1.807) is 18.2 Å². The van der Waals surface area contributed by atoms with Gasteiger partial charge in [-0.1, -0.05) is 0 Å². The first-order chi connectivity index (χ1) is 12.0. The lowest BCUT2D eigenvalue weighted by atomic mass is 10.1. The lowest BCUT2D eigenvalue weighted by molar-refractivity contribution is -0.112. The highest BCUT2D eigenvalue weighted by Gasteiger charge is 2.21. The minimum absolute atomic E-state index is 0.104. The van der Waals surface area contributed by atoms with E-state index in [9.17, 15) is 14.0 Å². The number of Topliss-reactive ketones (excluding diaryl/α,β-unsaturated/α-hetero) is 1. The normalized spacial score (nSPS) is 10.5. The van der Waals surface area contributed by atoms with E-state index < -0.39 is 17.5 Å². The van der Waals surface area contributed by atoms with E-state index >= 15 is 0 Å². The van der Waals surface area contributed by atoms with Gasteiger partial charge in [0.25, 0.3) is 11.7 Å². The molecule has 2 aromatic carbocycles. The molecule has 128 valence electrons. The van der Waals surface area contributed by atoms with Crippen LogP contribution in [0.5, 0.6) is 11.5 Å². The van der Waals surface area contributed by atoms with Crippen LogP contribution in [0.15, 0.2) is 42.6 Å². The Hall–Kier alpha value is -3.35. The number of H-pyrrole nitrogens is 1. The number of aromatic amines is 1. The maximum Gasteiger partial charge on any atom is 0.296 e. The van der Waals surface area contributed by atoms with Crippen LogP contribution in [0.2, 0.25) is 0 Å². The summed E-state index contributed by atoms with van der Waals surface area (Å²) in [5, 5.41) is 2.86. The van der Waals surface area contributed by atoms with Crippen LogP contribution in [0.4, 0.5) is 10.1 Å². The van der Waals surface area contributed by atoms with Crippen molar-refractivity contribution >= 4 is 28.3 Å². The molecule has 0 aliphatic heterocycles. The van der Waals surface area contributed by atoms with Crippen LogP contribution in [0.25, 0.3) is 10.9 Å². The largest absolute Gasteiger partial charge is 0.493 e. The fourth-order valence-electron chi connectivity index (χ4n) is 2.50. The van der Waals surface area contributed by atoms with Crippen LogP contribution >= 0.6 is 0 Å². The zero-order valence-corrected chi connectivity index (χ0v) is 13.6. The molecule has 3 rings (SSSR count). The molecule has 25 heavy (non-hydrogen) atoms. The van der Waals surface area contributed by atoms with E-state index in [1.807, 2.05) is 0 Å². The number of carbonyl (C=O) groups excluding carboxylic acids is 2. The number of anilines is 1. The minimum Gasteiger partial charge on any atom is -0.493 e. The minimum atomic E-state index is -0.836. The molecule has 1 heterocycles. The van der Waals surface area contributed by atoms with Gasteiger partial charge in [-0.05, 0) is 30.3 Å². The van der Waals surface area contributed by atoms with Gasteiger partial charge in [0.05, 0.1) is 19.8 Å². The Kier molecular flexibility index (Phi) is 4.38. The Balaban J connectivity index is 1.85. The van der Waals surface area contributed by atoms with Gasteiger partial charge < -0.3 is 19.8 Å². The van der Waals surface area contributed by atoms with Gasteiger partial charge in [-0.15, -0.1) is 0 Å². The summed E-state index contributed by atoms with van der Waals surface area (Å²) in [4.78, 5) is 27.5. The lowest BCUT2D eigenvalue weighted by Gasteiger charge is -2.10. The van der Waals surface area contributed by atoms with Gasteiger partial charge >= 0.3 is 0 Å². The molecule has 0 aliphatic rings. The predicted molar refractivity (Wildman–Crippen MR) is 90.8 cm³/mol. The number of benzene rings is 2. The molecule has 1 aromatic heterocycles. The topological polar surface area (TPSA) is 80.4 Å². The highest BCUT2D eigenvalue weighted by atomic mass is 19.1. The van der Waals surface area contributed by atoms with E-state index in [0.29, 0.717) is 28.1 Å². The number of rotatable bonds is 5. The summed E-state index contributed by atoms with van der Waals surface area (Å²) in [6, 6.07) is 8.73. The van der Waals surface area contributed by atoms with Gasteiger partial charge in [0.2, 0.25) is 0 Å². The van der Waals surface area contributed by atoms with Crippen LogP contribution in [0, 0.1) is 5.82 Å². The maximum atomic E-state index is 13.4. The van der Waals surface area contributed by atoms with Crippen molar-refractivity contribution in [2.45, 2.75) is 0 Å². The second-order valence-electron chi connectivity index (χ2n) is 5.25. The Morgan fingerprint density at radius 1 is 1.04 bits per heavy atom. The Morgan fingerprint density at radius 2 is 1.80 bits per heavy atom. The molecule has 0 radical (unpaired) electrons. The number of halogens is 1. The van der Waals surface area contributed by atoms with Crippen molar-refractivity contribution in [2.24, 2.45) is 0 Å². The Morgan fingerprint density at radius 3 is 2.52 bits per heavy atom. The Labute approximate surface area is 142 Å². The number of ketones is 1. The first-order valence-electron chi connectivity index (χ1n) is 7.38. The molecule has 0 saturated heterocycles. The molecular weight excluding hydrogens is 327 g/mol. The van der Waals surface area contributed by atoms with Crippen molar-refractivity contribution in [3.8, 4) is 11.5 Å². The second kappa shape index (κ2) is 6.64. The fraction of sp³-hybridized carbons (Fsp3) is 0.111. The number of ether oxygens (including phenoxy) is 2. The van der Waals surface area contributed by atoms with E-state index in [-0.39, 0.29) is 5.56 Å². The molecule has 0 spiro atoms. The third kappa shape index (κ3) is 3.16. The summed E-state index contributed by atoms with van der Waals surface area (Å²) >= 11 is 0. The zero-order valence-electron chi connectivity index (χ0n) is 13.6. The number of hydrogen-bond donors (Lipinski definition) is 2. The average Bonchev–Trinajstić information content (AvgIpc) is 3.03. The van der Waals surface area contributed by atoms with Crippen LogP contribution in [-0.4, -0.2) is 30.9 Å². The Bertz CT molecular complexity index is 965. The first kappa shape index (κ1) is 16.5. The van der Waals surface area contributed by atoms with E-state index in [4.69, 9.17) is 9.47 Å². The summed E-state index contributed by atoms with van der Waals surface area (Å²) in [6.45, 7) is 0. The fourth-order valence-corrected chi connectivity index (χ4v) is 2.50. The second-order valence-corrected chi connectivity index (χ2v) is 5.25. The molecule has 1 amide bonds. The predicted octanol–water partition coefficient (Wildman–Crippen LogP) is 3.15. The molecule has 7 heteroatoms. The van der Waals surface area contributed by atoms with Crippen molar-refractivity contribution < 1.29 is 23.5 Å². The molecule has 0 bridgehead atoms. The highest BCUT2D eigenvalue weighted by molar-refractivity contribution is 6.48. The molecule has 3 aromatic rings. The van der Waals surface area contributed by atoms with Gasteiger partial charge in [0.1, 0.15) is 5.82 Å². The summed E-state index contributed by atoms with van der Waals surface area (Å²) in [6.07, 6.45) is 1.39. The van der Waals surface area contributed by atoms with Gasteiger partial charge in [-0.2, -0.15) is 0 Å². The molecule has 0 unspecified atom stereocenters. The van der Waals surface area contributed by atoms with E-state index in [1.165, 1.54) is 38.6 Å². The molecule has 0 atom stereocenters. The molecule has 0 fully saturated rings. The van der Waals surface area contributed by atoms with Gasteiger partial charge in [-0.25, -0.2) is 4.39 Å². The molecule has 6 nitrogen and oxygen atoms in total. The van der Waals surface area contributed by atoms with Crippen LogP contribution in [-0.2, 0) is 4.79 Å². The number of nitrogens with one attached hydrogen (secondary N) is 2. The van der Waals surface area contributed by atoms with Crippen LogP contribution < -0.4 is 14.8 Å². The van der Waals surface area contributed by atoms with E-state index in [2.05, 4.69) is 10.3 Å². The average molecular weight is 342 g/mol. The van der Waals surface area contributed by atoms with Gasteiger partial charge in [0.15, 0.2) is 11.5 Å². The van der Waals surface area contributed by atoms with E-state index in [0.717, 1.165) is 0 Å². The first-order valence-corrected chi connectivity index (χ1v) is 7.38. The number of carbonyl (C=O) groups is 2. The standard InChI is InChI=1S/C18H15FN2O4/c1-24-15-6-4-11(8-16(15)25-2)21-18(23)17(22)13-9-20-14-5-3-10(19)7-12(13)14/h3-9,20H,1-2H3,(H,21,23). The van der Waals surface area contributed by atoms with Crippen molar-refractivity contribution in [1.82, 2.24) is 4.98 Å². The smallest absolute Gasteiger partial charge is 0.296 e. The van der Waals surface area contributed by atoms with Crippen molar-refractivity contribution in [1.29, 1.82) is 0 Å². The third-order valence-electron chi connectivity index (χ3n) is 3.74. The maximum absolute atomic E-state index is 13.4. The summed E-state index contributed by atoms with van der Waals surface area (Å²) in [5.74, 6) is -1.17. The number of amides is 1. The van der Waals surface area contributed by atoms with Crippen molar-refractivity contribution in [3.63, 3.8) is 0 Å². The highest BCUT2D eigenvalue weighted by Crippen LogP contribution is 2.30. The molecule has 0 saturated carbocycles. The summed E-state index contributed by atoms with van der Waals surface area (Å²) in [5.41, 5.74) is 1.05. The quantitative estimate of drug-likeness (QED) is 0.551. The SMILES string of the molecule is COc1ccc(NC(=O)C(=O)c2c[nH]c3ccc(F)cc23)cc1OC. The number of methoxy groups -OCH3 is 2. The van der Waals surface area contributed by atoms with Crippen LogP contribution in [0.3, 0.4) is 0 Å². The summed E-state index contributed by atoms with van der Waals surface area (Å²) in [7, 11) is 2.96.